The van der Waals surface area contributed by atoms with Crippen LogP contribution >= 0.6 is 0 Å². The molecule has 0 atom stereocenters. The van der Waals surface area contributed by atoms with Crippen LogP contribution in [0.4, 0.5) is 10.6 Å². The van der Waals surface area contributed by atoms with E-state index in [2.05, 4.69) is 9.88 Å². The topological polar surface area (TPSA) is 69.5 Å². The van der Waals surface area contributed by atoms with Gasteiger partial charge in [0.15, 0.2) is 0 Å². The molecule has 1 fully saturated rings. The number of anilines is 1. The van der Waals surface area contributed by atoms with Gasteiger partial charge in [0, 0.05) is 26.2 Å². The number of aromatic nitrogens is 1. The number of hydrogen-bond donors (Lipinski definition) is 0. The molecule has 6 nitrogen and oxygen atoms in total. The van der Waals surface area contributed by atoms with Crippen molar-refractivity contribution in [2.45, 2.75) is 6.61 Å². The van der Waals surface area contributed by atoms with Crippen molar-refractivity contribution in [3.8, 4) is 6.07 Å². The van der Waals surface area contributed by atoms with Gasteiger partial charge in [-0.3, -0.25) is 0 Å². The lowest BCUT2D eigenvalue weighted by Crippen LogP contribution is -2.49. The van der Waals surface area contributed by atoms with Gasteiger partial charge in [0.1, 0.15) is 24.2 Å². The minimum atomic E-state index is -0.294. The molecule has 1 aromatic carbocycles. The first-order valence-electron chi connectivity index (χ1n) is 7.84. The van der Waals surface area contributed by atoms with Gasteiger partial charge in [0.05, 0.1) is 0 Å². The van der Waals surface area contributed by atoms with Gasteiger partial charge in [-0.25, -0.2) is 9.78 Å². The molecule has 2 heterocycles. The molecular weight excluding hydrogens is 304 g/mol. The Balaban J connectivity index is 1.51. The van der Waals surface area contributed by atoms with E-state index in [9.17, 15) is 4.79 Å². The second-order valence-corrected chi connectivity index (χ2v) is 5.51. The van der Waals surface area contributed by atoms with Crippen molar-refractivity contribution >= 4 is 11.9 Å². The van der Waals surface area contributed by atoms with E-state index in [0.29, 0.717) is 31.9 Å². The van der Waals surface area contributed by atoms with E-state index in [1.807, 2.05) is 48.5 Å². The highest BCUT2D eigenvalue weighted by Gasteiger charge is 2.23. The first kappa shape index (κ1) is 15.8. The summed E-state index contributed by atoms with van der Waals surface area (Å²) in [5.41, 5.74) is 1.37. The summed E-state index contributed by atoms with van der Waals surface area (Å²) in [7, 11) is 0. The monoisotopic (exact) mass is 322 g/mol. The van der Waals surface area contributed by atoms with Crippen molar-refractivity contribution in [1.82, 2.24) is 9.88 Å². The van der Waals surface area contributed by atoms with E-state index in [1.54, 1.807) is 11.0 Å². The average Bonchev–Trinajstić information content (AvgIpc) is 2.67. The Morgan fingerprint density at radius 1 is 1.08 bits per heavy atom. The van der Waals surface area contributed by atoms with Crippen LogP contribution in [0.2, 0.25) is 0 Å². The molecule has 1 aliphatic rings. The van der Waals surface area contributed by atoms with Crippen LogP contribution in [0, 0.1) is 11.3 Å². The summed E-state index contributed by atoms with van der Waals surface area (Å²) in [5.74, 6) is 0.770. The maximum atomic E-state index is 12.1. The van der Waals surface area contributed by atoms with Gasteiger partial charge in [0.2, 0.25) is 0 Å². The molecule has 0 N–H and O–H groups in total. The highest BCUT2D eigenvalue weighted by molar-refractivity contribution is 5.68. The number of ether oxygens (including phenoxy) is 1. The van der Waals surface area contributed by atoms with Gasteiger partial charge in [-0.2, -0.15) is 5.26 Å². The van der Waals surface area contributed by atoms with Crippen LogP contribution in [-0.2, 0) is 11.3 Å². The smallest absolute Gasteiger partial charge is 0.410 e. The summed E-state index contributed by atoms with van der Waals surface area (Å²) in [6.45, 7) is 2.77. The summed E-state index contributed by atoms with van der Waals surface area (Å²) < 4.78 is 5.35. The van der Waals surface area contributed by atoms with Crippen molar-refractivity contribution in [2.75, 3.05) is 31.1 Å². The molecular formula is C18H18N4O2. The van der Waals surface area contributed by atoms with Crippen molar-refractivity contribution in [3.63, 3.8) is 0 Å². The lowest BCUT2D eigenvalue weighted by Gasteiger charge is -2.34. The second kappa shape index (κ2) is 7.47. The van der Waals surface area contributed by atoms with E-state index in [4.69, 9.17) is 10.00 Å². The molecule has 1 saturated heterocycles. The Hall–Kier alpha value is -3.07. The fourth-order valence-electron chi connectivity index (χ4n) is 2.59. The van der Waals surface area contributed by atoms with Crippen LogP contribution in [0.25, 0.3) is 0 Å². The molecule has 122 valence electrons. The molecule has 1 amide bonds. The Morgan fingerprint density at radius 3 is 2.54 bits per heavy atom. The first-order valence-corrected chi connectivity index (χ1v) is 7.84. The van der Waals surface area contributed by atoms with E-state index in [1.165, 1.54) is 0 Å². The molecule has 0 saturated carbocycles. The van der Waals surface area contributed by atoms with E-state index in [0.717, 1.165) is 11.4 Å². The first-order chi connectivity index (χ1) is 11.8. The number of rotatable bonds is 3. The molecule has 3 rings (SSSR count). The highest BCUT2D eigenvalue weighted by atomic mass is 16.6. The Kier molecular flexibility index (Phi) is 4.92. The third kappa shape index (κ3) is 3.82. The van der Waals surface area contributed by atoms with Gasteiger partial charge >= 0.3 is 6.09 Å². The molecule has 0 aliphatic carbocycles. The predicted octanol–water partition coefficient (Wildman–Crippen LogP) is 2.41. The number of carbonyl (C=O) groups is 1. The standard InChI is InChI=1S/C18H18N4O2/c19-13-16-7-4-8-17(20-16)21-9-11-22(12-10-21)18(23)24-14-15-5-2-1-3-6-15/h1-8H,9-12,14H2. The molecule has 6 heteroatoms. The van der Waals surface area contributed by atoms with Gasteiger partial charge in [-0.1, -0.05) is 36.4 Å². The number of amides is 1. The van der Waals surface area contributed by atoms with Crippen LogP contribution in [0.5, 0.6) is 0 Å². The van der Waals surface area contributed by atoms with E-state index in [-0.39, 0.29) is 12.7 Å². The van der Waals surface area contributed by atoms with Crippen LogP contribution in [0.3, 0.4) is 0 Å². The third-order valence-electron chi connectivity index (χ3n) is 3.92. The minimum absolute atomic E-state index is 0.283. The van der Waals surface area contributed by atoms with Crippen LogP contribution in [0.15, 0.2) is 48.5 Å². The predicted molar refractivity (Wildman–Crippen MR) is 89.4 cm³/mol. The number of nitrogens with zero attached hydrogens (tertiary/aromatic N) is 4. The minimum Gasteiger partial charge on any atom is -0.445 e. The fraction of sp³-hybridized carbons (Fsp3) is 0.278. The second-order valence-electron chi connectivity index (χ2n) is 5.51. The van der Waals surface area contributed by atoms with Gasteiger partial charge in [0.25, 0.3) is 0 Å². The molecule has 0 spiro atoms. The van der Waals surface area contributed by atoms with Crippen LogP contribution in [-0.4, -0.2) is 42.2 Å². The number of carbonyl (C=O) groups excluding carboxylic acids is 1. The maximum Gasteiger partial charge on any atom is 0.410 e. The highest BCUT2D eigenvalue weighted by Crippen LogP contribution is 2.15. The van der Waals surface area contributed by atoms with E-state index < -0.39 is 0 Å². The molecule has 1 aliphatic heterocycles. The Labute approximate surface area is 140 Å². The summed E-state index contributed by atoms with van der Waals surface area (Å²) in [4.78, 5) is 20.2. The van der Waals surface area contributed by atoms with E-state index >= 15 is 0 Å². The van der Waals surface area contributed by atoms with Crippen molar-refractivity contribution in [3.05, 3.63) is 59.8 Å². The number of hydrogen-bond acceptors (Lipinski definition) is 5. The molecule has 24 heavy (non-hydrogen) atoms. The quantitative estimate of drug-likeness (QED) is 0.868. The summed E-state index contributed by atoms with van der Waals surface area (Å²) in [5, 5.41) is 8.93. The number of pyridine rings is 1. The lowest BCUT2D eigenvalue weighted by molar-refractivity contribution is 0.0941. The summed E-state index contributed by atoms with van der Waals surface area (Å²) in [6, 6.07) is 17.1. The lowest BCUT2D eigenvalue weighted by atomic mass is 10.2. The Bertz CT molecular complexity index is 734. The largest absolute Gasteiger partial charge is 0.445 e. The van der Waals surface area contributed by atoms with Crippen molar-refractivity contribution < 1.29 is 9.53 Å². The zero-order valence-electron chi connectivity index (χ0n) is 13.3. The molecule has 0 unspecified atom stereocenters. The van der Waals surface area contributed by atoms with Crippen molar-refractivity contribution in [1.29, 1.82) is 5.26 Å². The number of benzene rings is 1. The maximum absolute atomic E-state index is 12.1. The van der Waals surface area contributed by atoms with Crippen LogP contribution in [0.1, 0.15) is 11.3 Å². The Morgan fingerprint density at radius 2 is 1.83 bits per heavy atom. The number of nitriles is 1. The zero-order valence-corrected chi connectivity index (χ0v) is 13.3. The SMILES string of the molecule is N#Cc1cccc(N2CCN(C(=O)OCc3ccccc3)CC2)n1. The number of piperazine rings is 1. The zero-order chi connectivity index (χ0) is 16.8. The molecule has 2 aromatic rings. The van der Waals surface area contributed by atoms with Gasteiger partial charge < -0.3 is 14.5 Å². The van der Waals surface area contributed by atoms with Gasteiger partial charge in [-0.15, -0.1) is 0 Å². The average molecular weight is 322 g/mol. The normalized spacial score (nSPS) is 14.1. The third-order valence-corrected chi connectivity index (χ3v) is 3.92. The van der Waals surface area contributed by atoms with Crippen molar-refractivity contribution in [2.24, 2.45) is 0 Å². The summed E-state index contributed by atoms with van der Waals surface area (Å²) >= 11 is 0. The fourth-order valence-corrected chi connectivity index (χ4v) is 2.59. The van der Waals surface area contributed by atoms with Crippen LogP contribution < -0.4 is 4.90 Å². The molecule has 0 radical (unpaired) electrons. The molecule has 1 aromatic heterocycles. The summed E-state index contributed by atoms with van der Waals surface area (Å²) in [6.07, 6.45) is -0.294. The van der Waals surface area contributed by atoms with Gasteiger partial charge in [-0.05, 0) is 17.7 Å². The molecule has 0 bridgehead atoms.